The Balaban J connectivity index is 2.16. The fourth-order valence-corrected chi connectivity index (χ4v) is 3.78. The van der Waals surface area contributed by atoms with Crippen LogP contribution in [0.3, 0.4) is 0 Å². The Hall–Kier alpha value is -0.530. The molecule has 2 rings (SSSR count). The molecule has 0 N–H and O–H groups in total. The Morgan fingerprint density at radius 1 is 1.25 bits per heavy atom. The summed E-state index contributed by atoms with van der Waals surface area (Å²) in [6, 6.07) is 5.62. The van der Waals surface area contributed by atoms with Crippen LogP contribution in [0.25, 0.3) is 0 Å². The lowest BCUT2D eigenvalue weighted by atomic mass is 9.66. The molecule has 0 spiro atoms. The second-order valence-corrected chi connectivity index (χ2v) is 7.65. The van der Waals surface area contributed by atoms with Gasteiger partial charge in [-0.1, -0.05) is 50.0 Å². The van der Waals surface area contributed by atoms with Gasteiger partial charge in [0.15, 0.2) is 0 Å². The Morgan fingerprint density at radius 2 is 1.95 bits per heavy atom. The molecule has 1 aliphatic carbocycles. The lowest BCUT2D eigenvalue weighted by molar-refractivity contribution is -0.129. The maximum Gasteiger partial charge on any atom is 0.136 e. The first-order valence-electron chi connectivity index (χ1n) is 7.26. The van der Waals surface area contributed by atoms with Gasteiger partial charge in [-0.25, -0.2) is 0 Å². The van der Waals surface area contributed by atoms with Crippen LogP contribution >= 0.6 is 23.2 Å². The van der Waals surface area contributed by atoms with Gasteiger partial charge in [-0.15, -0.1) is 0 Å². The van der Waals surface area contributed by atoms with E-state index in [0.29, 0.717) is 21.7 Å². The van der Waals surface area contributed by atoms with E-state index in [0.717, 1.165) is 31.2 Å². The largest absolute Gasteiger partial charge is 0.299 e. The molecule has 20 heavy (non-hydrogen) atoms. The third-order valence-electron chi connectivity index (χ3n) is 4.49. The molecule has 0 radical (unpaired) electrons. The highest BCUT2D eigenvalue weighted by molar-refractivity contribution is 6.35. The van der Waals surface area contributed by atoms with Gasteiger partial charge < -0.3 is 0 Å². The smallest absolute Gasteiger partial charge is 0.136 e. The molecule has 0 bridgehead atoms. The van der Waals surface area contributed by atoms with Crippen LogP contribution < -0.4 is 0 Å². The number of hydrogen-bond donors (Lipinski definition) is 0. The van der Waals surface area contributed by atoms with Crippen molar-refractivity contribution >= 4 is 29.0 Å². The summed E-state index contributed by atoms with van der Waals surface area (Å²) in [5.74, 6) is 1.10. The minimum Gasteiger partial charge on any atom is -0.299 e. The van der Waals surface area contributed by atoms with Crippen LogP contribution in [-0.4, -0.2) is 5.78 Å². The van der Waals surface area contributed by atoms with Gasteiger partial charge in [0.05, 0.1) is 0 Å². The number of hydrogen-bond acceptors (Lipinski definition) is 1. The van der Waals surface area contributed by atoms with E-state index in [2.05, 4.69) is 20.8 Å². The molecule has 1 aromatic carbocycles. The van der Waals surface area contributed by atoms with Crippen LogP contribution in [0.1, 0.15) is 45.6 Å². The molecular formula is C17H22Cl2O. The minimum absolute atomic E-state index is 0.0608. The summed E-state index contributed by atoms with van der Waals surface area (Å²) in [5.41, 5.74) is 1.02. The zero-order valence-electron chi connectivity index (χ0n) is 12.4. The standard InChI is InChI=1S/C17H22Cl2O/c1-11-4-7-14(16(20)8-11)17(2,3)10-12-5-6-13(18)9-15(12)19/h5-6,9,11,14H,4,7-8,10H2,1-3H3. The van der Waals surface area contributed by atoms with Crippen LogP contribution in [0.4, 0.5) is 0 Å². The molecule has 1 aromatic rings. The predicted octanol–water partition coefficient (Wildman–Crippen LogP) is 5.57. The monoisotopic (exact) mass is 312 g/mol. The van der Waals surface area contributed by atoms with Gasteiger partial charge in [-0.2, -0.15) is 0 Å². The molecular weight excluding hydrogens is 291 g/mol. The summed E-state index contributed by atoms with van der Waals surface area (Å²) in [6.07, 6.45) is 3.68. The molecule has 1 aliphatic rings. The van der Waals surface area contributed by atoms with E-state index in [-0.39, 0.29) is 11.3 Å². The van der Waals surface area contributed by atoms with E-state index in [9.17, 15) is 4.79 Å². The van der Waals surface area contributed by atoms with Crippen molar-refractivity contribution in [1.82, 2.24) is 0 Å². The van der Waals surface area contributed by atoms with Gasteiger partial charge in [0.2, 0.25) is 0 Å². The molecule has 0 heterocycles. The number of carbonyl (C=O) groups is 1. The predicted molar refractivity (Wildman–Crippen MR) is 85.5 cm³/mol. The molecule has 1 fully saturated rings. The fourth-order valence-electron chi connectivity index (χ4n) is 3.31. The molecule has 3 heteroatoms. The van der Waals surface area contributed by atoms with Crippen molar-refractivity contribution in [2.45, 2.75) is 46.5 Å². The van der Waals surface area contributed by atoms with E-state index < -0.39 is 0 Å². The van der Waals surface area contributed by atoms with Crippen LogP contribution in [0.5, 0.6) is 0 Å². The SMILES string of the molecule is CC1CCC(C(C)(C)Cc2ccc(Cl)cc2Cl)C(=O)C1. The van der Waals surface area contributed by atoms with E-state index >= 15 is 0 Å². The van der Waals surface area contributed by atoms with E-state index in [1.165, 1.54) is 0 Å². The quantitative estimate of drug-likeness (QED) is 0.713. The first-order valence-corrected chi connectivity index (χ1v) is 8.02. The number of Topliss-reactive ketones (excluding diaryl/α,β-unsaturated/α-hetero) is 1. The van der Waals surface area contributed by atoms with Crippen LogP contribution in [0.15, 0.2) is 18.2 Å². The summed E-state index contributed by atoms with van der Waals surface area (Å²) >= 11 is 12.2. The van der Waals surface area contributed by atoms with Crippen molar-refractivity contribution in [2.24, 2.45) is 17.3 Å². The van der Waals surface area contributed by atoms with Crippen LogP contribution in [0, 0.1) is 17.3 Å². The minimum atomic E-state index is -0.0608. The molecule has 0 saturated heterocycles. The maximum atomic E-state index is 12.3. The highest BCUT2D eigenvalue weighted by Crippen LogP contribution is 2.41. The summed E-state index contributed by atoms with van der Waals surface area (Å²) in [4.78, 5) is 12.3. The van der Waals surface area contributed by atoms with Crippen molar-refractivity contribution in [2.75, 3.05) is 0 Å². The Kier molecular flexibility index (Phi) is 4.81. The Labute approximate surface area is 131 Å². The van der Waals surface area contributed by atoms with Crippen molar-refractivity contribution in [3.05, 3.63) is 33.8 Å². The van der Waals surface area contributed by atoms with E-state index in [1.807, 2.05) is 12.1 Å². The lowest BCUT2D eigenvalue weighted by Gasteiger charge is -2.37. The van der Waals surface area contributed by atoms with Gasteiger partial charge in [0.1, 0.15) is 5.78 Å². The molecule has 0 amide bonds. The van der Waals surface area contributed by atoms with E-state index in [4.69, 9.17) is 23.2 Å². The third-order valence-corrected chi connectivity index (χ3v) is 5.08. The van der Waals surface area contributed by atoms with Gasteiger partial charge >= 0.3 is 0 Å². The average Bonchev–Trinajstić information content (AvgIpc) is 2.32. The normalized spacial score (nSPS) is 23.9. The van der Waals surface area contributed by atoms with E-state index in [1.54, 1.807) is 6.07 Å². The second-order valence-electron chi connectivity index (χ2n) is 6.81. The molecule has 0 aromatic heterocycles. The zero-order chi connectivity index (χ0) is 14.9. The van der Waals surface area contributed by atoms with Crippen LogP contribution in [0.2, 0.25) is 10.0 Å². The van der Waals surface area contributed by atoms with Crippen molar-refractivity contribution in [3.8, 4) is 0 Å². The number of carbonyl (C=O) groups excluding carboxylic acids is 1. The van der Waals surface area contributed by atoms with Gasteiger partial charge in [0.25, 0.3) is 0 Å². The number of halogens is 2. The van der Waals surface area contributed by atoms with Crippen molar-refractivity contribution in [3.63, 3.8) is 0 Å². The number of rotatable bonds is 3. The maximum absolute atomic E-state index is 12.3. The summed E-state index contributed by atoms with van der Waals surface area (Å²) in [6.45, 7) is 6.52. The third kappa shape index (κ3) is 3.56. The first-order chi connectivity index (χ1) is 9.29. The first kappa shape index (κ1) is 15.9. The number of benzene rings is 1. The van der Waals surface area contributed by atoms with Crippen LogP contribution in [-0.2, 0) is 11.2 Å². The fraction of sp³-hybridized carbons (Fsp3) is 0.588. The highest BCUT2D eigenvalue weighted by atomic mass is 35.5. The van der Waals surface area contributed by atoms with Crippen molar-refractivity contribution in [1.29, 1.82) is 0 Å². The van der Waals surface area contributed by atoms with Crippen molar-refractivity contribution < 1.29 is 4.79 Å². The average molecular weight is 313 g/mol. The molecule has 110 valence electrons. The molecule has 1 saturated carbocycles. The Morgan fingerprint density at radius 3 is 2.55 bits per heavy atom. The number of ketones is 1. The highest BCUT2D eigenvalue weighted by Gasteiger charge is 2.38. The summed E-state index contributed by atoms with van der Waals surface area (Å²) in [7, 11) is 0. The molecule has 2 unspecified atom stereocenters. The molecule has 2 atom stereocenters. The molecule has 0 aliphatic heterocycles. The zero-order valence-corrected chi connectivity index (χ0v) is 13.9. The summed E-state index contributed by atoms with van der Waals surface area (Å²) in [5, 5.41) is 1.35. The van der Waals surface area contributed by atoms with Gasteiger partial charge in [-0.05, 0) is 48.3 Å². The topological polar surface area (TPSA) is 17.1 Å². The lowest BCUT2D eigenvalue weighted by Crippen LogP contribution is -2.36. The summed E-state index contributed by atoms with van der Waals surface area (Å²) < 4.78 is 0. The van der Waals surface area contributed by atoms with Gasteiger partial charge in [0, 0.05) is 22.4 Å². The molecule has 1 nitrogen and oxygen atoms in total. The van der Waals surface area contributed by atoms with Gasteiger partial charge in [-0.3, -0.25) is 4.79 Å². The second kappa shape index (κ2) is 6.07. The Bertz CT molecular complexity index is 508.